The first-order chi connectivity index (χ1) is 14.9. The lowest BCUT2D eigenvalue weighted by molar-refractivity contribution is -0.139. The van der Waals surface area contributed by atoms with E-state index in [9.17, 15) is 14.7 Å². The number of nitrogens with zero attached hydrogens (tertiary/aromatic N) is 1. The van der Waals surface area contributed by atoms with Crippen LogP contribution in [0.2, 0.25) is 0 Å². The van der Waals surface area contributed by atoms with Crippen LogP contribution < -0.4 is 0 Å². The Morgan fingerprint density at radius 1 is 1.29 bits per heavy atom. The minimum absolute atomic E-state index is 0.163. The molecule has 2 N–H and O–H groups in total. The predicted octanol–water partition coefficient (Wildman–Crippen LogP) is 5.09. The van der Waals surface area contributed by atoms with Crippen LogP contribution in [0.4, 0.5) is 0 Å². The fourth-order valence-electron chi connectivity index (χ4n) is 4.16. The Morgan fingerprint density at radius 3 is 2.74 bits per heavy atom. The molecule has 0 aromatic heterocycles. The molecule has 1 fully saturated rings. The fraction of sp³-hybridized carbons (Fsp3) is 0.600. The molecule has 1 aromatic carbocycles. The van der Waals surface area contributed by atoms with Crippen LogP contribution in [0.5, 0.6) is 0 Å². The monoisotopic (exact) mass is 447 g/mol. The summed E-state index contributed by atoms with van der Waals surface area (Å²) in [5.74, 6) is 0.682. The summed E-state index contributed by atoms with van der Waals surface area (Å²) in [6.07, 6.45) is 8.87. The maximum Gasteiger partial charge on any atom is 0.303 e. The van der Waals surface area contributed by atoms with Gasteiger partial charge >= 0.3 is 5.97 Å². The maximum atomic E-state index is 12.7. The summed E-state index contributed by atoms with van der Waals surface area (Å²) in [6, 6.07) is 10.3. The molecule has 5 nitrogen and oxygen atoms in total. The number of likely N-dealkylation sites (tertiary alicyclic amines) is 1. The Balaban J connectivity index is 1.84. The topological polar surface area (TPSA) is 77.8 Å². The van der Waals surface area contributed by atoms with Gasteiger partial charge in [0.25, 0.3) is 0 Å². The Kier molecular flexibility index (Phi) is 11.2. The molecule has 0 radical (unpaired) electrons. The molecular formula is C25H37NO4S. The van der Waals surface area contributed by atoms with E-state index in [4.69, 9.17) is 5.11 Å². The number of hydrogen-bond acceptors (Lipinski definition) is 4. The molecule has 0 spiro atoms. The molecule has 1 amide bonds. The van der Waals surface area contributed by atoms with Crippen molar-refractivity contribution >= 4 is 23.6 Å². The molecule has 1 aromatic rings. The molecular weight excluding hydrogens is 410 g/mol. The van der Waals surface area contributed by atoms with E-state index in [1.54, 1.807) is 11.8 Å². The standard InChI is InChI=1S/C25H37NO4S/c1-19(10-5-3-8-15-24(28)29)17-26-22(13-9-14-23(26)27)20(2)16-25(30)31-18-21-11-6-4-7-12-21/h4-7,10-12,19-20,22,25,30H,3,8-9,13-18H2,1-2H3,(H,28,29)/b10-5-/t19-,20+,22-,25?/m1/s1. The number of benzene rings is 1. The number of piperidine rings is 1. The number of thioether (sulfide) groups is 1. The average Bonchev–Trinajstić information content (AvgIpc) is 2.74. The van der Waals surface area contributed by atoms with Gasteiger partial charge in [-0.15, -0.1) is 11.8 Å². The third kappa shape index (κ3) is 9.48. The van der Waals surface area contributed by atoms with E-state index in [-0.39, 0.29) is 30.2 Å². The second-order valence-corrected chi connectivity index (χ2v) is 9.83. The Hall–Kier alpha value is -1.79. The number of carbonyl (C=O) groups is 2. The van der Waals surface area contributed by atoms with Crippen LogP contribution in [0.25, 0.3) is 0 Å². The van der Waals surface area contributed by atoms with E-state index < -0.39 is 11.4 Å². The van der Waals surface area contributed by atoms with Gasteiger partial charge in [0.2, 0.25) is 5.91 Å². The number of unbranched alkanes of at least 4 members (excludes halogenated alkanes) is 1. The van der Waals surface area contributed by atoms with Gasteiger partial charge in [0.15, 0.2) is 0 Å². The summed E-state index contributed by atoms with van der Waals surface area (Å²) < 4.78 is 0. The molecule has 0 bridgehead atoms. The van der Waals surface area contributed by atoms with Crippen molar-refractivity contribution in [2.45, 2.75) is 76.0 Å². The van der Waals surface area contributed by atoms with Gasteiger partial charge in [-0.1, -0.05) is 56.3 Å². The van der Waals surface area contributed by atoms with Crippen molar-refractivity contribution in [1.29, 1.82) is 0 Å². The van der Waals surface area contributed by atoms with E-state index in [1.165, 1.54) is 5.56 Å². The number of aliphatic hydroxyl groups is 1. The van der Waals surface area contributed by atoms with Gasteiger partial charge in [0, 0.05) is 31.2 Å². The van der Waals surface area contributed by atoms with Gasteiger partial charge in [-0.3, -0.25) is 9.59 Å². The number of carboxylic acid groups (broad SMARTS) is 1. The third-order valence-corrected chi connectivity index (χ3v) is 6.91. The number of carboxylic acids is 1. The van der Waals surface area contributed by atoms with Crippen molar-refractivity contribution in [3.05, 3.63) is 48.0 Å². The lowest BCUT2D eigenvalue weighted by Gasteiger charge is -2.40. The number of carbonyl (C=O) groups excluding carboxylic acids is 1. The number of amides is 1. The summed E-state index contributed by atoms with van der Waals surface area (Å²) in [6.45, 7) is 4.92. The van der Waals surface area contributed by atoms with Crippen LogP contribution in [-0.2, 0) is 15.3 Å². The lowest BCUT2D eigenvalue weighted by Crippen LogP contribution is -2.49. The van der Waals surface area contributed by atoms with Crippen LogP contribution in [0.1, 0.15) is 64.4 Å². The molecule has 31 heavy (non-hydrogen) atoms. The van der Waals surface area contributed by atoms with E-state index in [1.807, 2.05) is 29.2 Å². The Labute approximate surface area is 190 Å². The summed E-state index contributed by atoms with van der Waals surface area (Å²) >= 11 is 1.55. The summed E-state index contributed by atoms with van der Waals surface area (Å²) in [5.41, 5.74) is 0.762. The fourth-order valence-corrected chi connectivity index (χ4v) is 5.17. The molecule has 0 saturated carbocycles. The smallest absolute Gasteiger partial charge is 0.303 e. The van der Waals surface area contributed by atoms with Gasteiger partial charge in [-0.05, 0) is 49.5 Å². The zero-order valence-corrected chi connectivity index (χ0v) is 19.6. The molecule has 1 aliphatic heterocycles. The van der Waals surface area contributed by atoms with Gasteiger partial charge < -0.3 is 15.1 Å². The zero-order chi connectivity index (χ0) is 22.6. The molecule has 1 saturated heterocycles. The van der Waals surface area contributed by atoms with Crippen molar-refractivity contribution in [3.63, 3.8) is 0 Å². The largest absolute Gasteiger partial charge is 0.481 e. The van der Waals surface area contributed by atoms with Crippen molar-refractivity contribution in [1.82, 2.24) is 4.90 Å². The summed E-state index contributed by atoms with van der Waals surface area (Å²) in [4.78, 5) is 25.3. The maximum absolute atomic E-state index is 12.7. The van der Waals surface area contributed by atoms with Crippen LogP contribution >= 0.6 is 11.8 Å². The van der Waals surface area contributed by atoms with Crippen molar-refractivity contribution < 1.29 is 19.8 Å². The highest BCUT2D eigenvalue weighted by molar-refractivity contribution is 7.98. The van der Waals surface area contributed by atoms with E-state index in [0.717, 1.165) is 25.0 Å². The second-order valence-electron chi connectivity index (χ2n) is 8.66. The normalized spacial score (nSPS) is 20.0. The van der Waals surface area contributed by atoms with Gasteiger partial charge in [-0.25, -0.2) is 0 Å². The minimum atomic E-state index is -0.763. The first kappa shape index (κ1) is 25.5. The third-order valence-electron chi connectivity index (χ3n) is 5.84. The van der Waals surface area contributed by atoms with Gasteiger partial charge in [0.1, 0.15) is 0 Å². The SMILES string of the molecule is C[C@H](/C=C\CCCC(=O)O)CN1C(=O)CCC[C@@H]1[C@@H](C)CC(O)SCc1ccccc1. The first-order valence-electron chi connectivity index (χ1n) is 11.4. The highest BCUT2D eigenvalue weighted by atomic mass is 32.2. The number of rotatable bonds is 13. The molecule has 1 heterocycles. The highest BCUT2D eigenvalue weighted by Crippen LogP contribution is 2.30. The zero-order valence-electron chi connectivity index (χ0n) is 18.8. The minimum Gasteiger partial charge on any atom is -0.481 e. The van der Waals surface area contributed by atoms with Crippen LogP contribution in [0.3, 0.4) is 0 Å². The van der Waals surface area contributed by atoms with E-state index >= 15 is 0 Å². The predicted molar refractivity (Wildman–Crippen MR) is 127 cm³/mol. The number of aliphatic carboxylic acids is 1. The molecule has 0 aliphatic carbocycles. The summed E-state index contributed by atoms with van der Waals surface area (Å²) in [7, 11) is 0. The van der Waals surface area contributed by atoms with Crippen molar-refractivity contribution in [2.24, 2.45) is 11.8 Å². The van der Waals surface area contributed by atoms with E-state index in [0.29, 0.717) is 25.8 Å². The lowest BCUT2D eigenvalue weighted by atomic mass is 9.88. The number of hydrogen-bond donors (Lipinski definition) is 2. The van der Waals surface area contributed by atoms with Crippen LogP contribution in [0.15, 0.2) is 42.5 Å². The second kappa shape index (κ2) is 13.6. The van der Waals surface area contributed by atoms with Crippen LogP contribution in [0, 0.1) is 11.8 Å². The molecule has 2 rings (SSSR count). The number of aliphatic hydroxyl groups excluding tert-OH is 1. The van der Waals surface area contributed by atoms with Gasteiger partial charge in [0.05, 0.1) is 5.44 Å². The Morgan fingerprint density at radius 2 is 2.03 bits per heavy atom. The molecule has 6 heteroatoms. The molecule has 1 aliphatic rings. The molecule has 172 valence electrons. The quantitative estimate of drug-likeness (QED) is 0.250. The first-order valence-corrected chi connectivity index (χ1v) is 12.4. The van der Waals surface area contributed by atoms with E-state index in [2.05, 4.69) is 32.1 Å². The molecule has 4 atom stereocenters. The average molecular weight is 448 g/mol. The number of allylic oxidation sites excluding steroid dienone is 1. The van der Waals surface area contributed by atoms with Crippen LogP contribution in [-0.4, -0.2) is 45.0 Å². The highest BCUT2D eigenvalue weighted by Gasteiger charge is 2.33. The summed E-state index contributed by atoms with van der Waals surface area (Å²) in [5, 5.41) is 19.3. The molecule has 1 unspecified atom stereocenters. The van der Waals surface area contributed by atoms with Gasteiger partial charge in [-0.2, -0.15) is 0 Å². The van der Waals surface area contributed by atoms with Crippen molar-refractivity contribution in [3.8, 4) is 0 Å². The van der Waals surface area contributed by atoms with Crippen molar-refractivity contribution in [2.75, 3.05) is 6.54 Å². The Bertz CT molecular complexity index is 709.